The average molecular weight is 364 g/mol. The first-order valence-corrected chi connectivity index (χ1v) is 9.70. The van der Waals surface area contributed by atoms with Gasteiger partial charge in [0.25, 0.3) is 5.91 Å². The van der Waals surface area contributed by atoms with Crippen molar-refractivity contribution in [3.8, 4) is 0 Å². The van der Waals surface area contributed by atoms with Crippen LogP contribution >= 0.6 is 0 Å². The lowest BCUT2D eigenvalue weighted by Gasteiger charge is -2.18. The number of carbonyl (C=O) groups excluding carboxylic acids is 2. The van der Waals surface area contributed by atoms with E-state index in [-0.39, 0.29) is 11.8 Å². The summed E-state index contributed by atoms with van der Waals surface area (Å²) in [5.41, 5.74) is 5.91. The van der Waals surface area contributed by atoms with E-state index < -0.39 is 0 Å². The molecule has 2 aromatic carbocycles. The van der Waals surface area contributed by atoms with E-state index in [0.717, 1.165) is 37.2 Å². The second kappa shape index (κ2) is 8.38. The topological polar surface area (TPSA) is 49.4 Å². The zero-order valence-electron chi connectivity index (χ0n) is 16.5. The molecular weight excluding hydrogens is 336 g/mol. The molecule has 0 aliphatic carbocycles. The molecule has 1 heterocycles. The lowest BCUT2D eigenvalue weighted by atomic mass is 10.0. The van der Waals surface area contributed by atoms with Crippen molar-refractivity contribution in [1.82, 2.24) is 4.90 Å². The lowest BCUT2D eigenvalue weighted by Crippen LogP contribution is -2.28. The zero-order chi connectivity index (χ0) is 19.4. The van der Waals surface area contributed by atoms with Gasteiger partial charge in [0, 0.05) is 30.8 Å². The maximum atomic E-state index is 12.7. The normalized spacial score (nSPS) is 13.7. The van der Waals surface area contributed by atoms with Gasteiger partial charge in [-0.1, -0.05) is 29.8 Å². The third kappa shape index (κ3) is 4.57. The van der Waals surface area contributed by atoms with Crippen molar-refractivity contribution >= 4 is 17.5 Å². The Morgan fingerprint density at radius 2 is 1.78 bits per heavy atom. The molecule has 0 spiro atoms. The number of nitrogens with zero attached hydrogens (tertiary/aromatic N) is 1. The first-order chi connectivity index (χ1) is 13.0. The fraction of sp³-hybridized carbons (Fsp3) is 0.391. The number of hydrogen-bond acceptors (Lipinski definition) is 2. The Labute approximate surface area is 161 Å². The average Bonchev–Trinajstić information content (AvgIpc) is 3.17. The summed E-state index contributed by atoms with van der Waals surface area (Å²) < 4.78 is 0. The molecule has 1 aliphatic heterocycles. The van der Waals surface area contributed by atoms with Gasteiger partial charge in [-0.2, -0.15) is 0 Å². The van der Waals surface area contributed by atoms with Gasteiger partial charge in [0.15, 0.2) is 0 Å². The molecule has 0 saturated carbocycles. The summed E-state index contributed by atoms with van der Waals surface area (Å²) in [7, 11) is 0. The fourth-order valence-corrected chi connectivity index (χ4v) is 3.68. The molecule has 0 unspecified atom stereocenters. The Balaban J connectivity index is 1.65. The second-order valence-corrected chi connectivity index (χ2v) is 7.46. The van der Waals surface area contributed by atoms with Crippen molar-refractivity contribution in [2.75, 3.05) is 18.4 Å². The van der Waals surface area contributed by atoms with Crippen molar-refractivity contribution < 1.29 is 9.59 Å². The van der Waals surface area contributed by atoms with Crippen LogP contribution < -0.4 is 5.32 Å². The van der Waals surface area contributed by atoms with Gasteiger partial charge in [-0.3, -0.25) is 9.59 Å². The Morgan fingerprint density at radius 3 is 2.48 bits per heavy atom. The van der Waals surface area contributed by atoms with Gasteiger partial charge in [-0.05, 0) is 68.9 Å². The molecule has 4 heteroatoms. The number of benzene rings is 2. The Bertz CT molecular complexity index is 851. The van der Waals surface area contributed by atoms with Crippen LogP contribution in [0, 0.1) is 20.8 Å². The maximum absolute atomic E-state index is 12.7. The minimum atomic E-state index is -0.0242. The van der Waals surface area contributed by atoms with Crippen LogP contribution in [0.2, 0.25) is 0 Å². The summed E-state index contributed by atoms with van der Waals surface area (Å²) in [5, 5.41) is 2.99. The molecular formula is C23H28N2O2. The highest BCUT2D eigenvalue weighted by molar-refractivity contribution is 5.99. The van der Waals surface area contributed by atoms with E-state index in [1.165, 1.54) is 16.7 Å². The maximum Gasteiger partial charge on any atom is 0.254 e. The Morgan fingerprint density at radius 1 is 1.04 bits per heavy atom. The molecule has 2 aromatic rings. The largest absolute Gasteiger partial charge is 0.339 e. The summed E-state index contributed by atoms with van der Waals surface area (Å²) in [5.74, 6) is 0.0419. The quantitative estimate of drug-likeness (QED) is 0.854. The van der Waals surface area contributed by atoms with Crippen LogP contribution in [0.4, 0.5) is 5.69 Å². The monoisotopic (exact) mass is 364 g/mol. The van der Waals surface area contributed by atoms with Gasteiger partial charge in [-0.25, -0.2) is 0 Å². The van der Waals surface area contributed by atoms with Gasteiger partial charge in [0.2, 0.25) is 5.91 Å². The predicted molar refractivity (Wildman–Crippen MR) is 109 cm³/mol. The van der Waals surface area contributed by atoms with Crippen molar-refractivity contribution in [3.05, 3.63) is 64.2 Å². The standard InChI is InChI=1S/C23H28N2O2/c1-16-9-10-19(17(2)15-16)11-12-22(26)24-21-8-6-7-20(18(21)3)23(27)25-13-4-5-14-25/h6-10,15H,4-5,11-14H2,1-3H3,(H,24,26). The fourth-order valence-electron chi connectivity index (χ4n) is 3.68. The van der Waals surface area contributed by atoms with Crippen LogP contribution in [0.3, 0.4) is 0 Å². The molecule has 0 atom stereocenters. The first kappa shape index (κ1) is 19.2. The summed E-state index contributed by atoms with van der Waals surface area (Å²) in [4.78, 5) is 27.0. The summed E-state index contributed by atoms with van der Waals surface area (Å²) >= 11 is 0. The number of carbonyl (C=O) groups is 2. The van der Waals surface area contributed by atoms with Crippen LogP contribution in [0.1, 0.15) is 51.9 Å². The van der Waals surface area contributed by atoms with Gasteiger partial charge < -0.3 is 10.2 Å². The van der Waals surface area contributed by atoms with Crippen LogP contribution in [0.25, 0.3) is 0 Å². The van der Waals surface area contributed by atoms with Crippen LogP contribution in [-0.4, -0.2) is 29.8 Å². The molecule has 27 heavy (non-hydrogen) atoms. The van der Waals surface area contributed by atoms with Crippen molar-refractivity contribution in [1.29, 1.82) is 0 Å². The third-order valence-corrected chi connectivity index (χ3v) is 5.35. The third-order valence-electron chi connectivity index (χ3n) is 5.35. The van der Waals surface area contributed by atoms with Crippen molar-refractivity contribution in [2.24, 2.45) is 0 Å². The molecule has 1 N–H and O–H groups in total. The number of hydrogen-bond donors (Lipinski definition) is 1. The van der Waals surface area contributed by atoms with Crippen molar-refractivity contribution in [2.45, 2.75) is 46.5 Å². The zero-order valence-corrected chi connectivity index (χ0v) is 16.5. The van der Waals surface area contributed by atoms with Gasteiger partial charge >= 0.3 is 0 Å². The molecule has 0 bridgehead atoms. The number of likely N-dealkylation sites (tertiary alicyclic amines) is 1. The van der Waals surface area contributed by atoms with Crippen LogP contribution in [0.5, 0.6) is 0 Å². The van der Waals surface area contributed by atoms with Gasteiger partial charge in [-0.15, -0.1) is 0 Å². The van der Waals surface area contributed by atoms with E-state index in [0.29, 0.717) is 18.4 Å². The highest BCUT2D eigenvalue weighted by Gasteiger charge is 2.22. The minimum absolute atomic E-state index is 0.0242. The predicted octanol–water partition coefficient (Wildman–Crippen LogP) is 4.42. The van der Waals surface area contributed by atoms with Crippen molar-refractivity contribution in [3.63, 3.8) is 0 Å². The number of amides is 2. The lowest BCUT2D eigenvalue weighted by molar-refractivity contribution is -0.116. The summed E-state index contributed by atoms with van der Waals surface area (Å²) in [6.45, 7) is 7.71. The molecule has 1 aliphatic rings. The molecule has 142 valence electrons. The molecule has 0 radical (unpaired) electrons. The molecule has 2 amide bonds. The first-order valence-electron chi connectivity index (χ1n) is 9.70. The van der Waals surface area contributed by atoms with E-state index in [9.17, 15) is 9.59 Å². The summed E-state index contributed by atoms with van der Waals surface area (Å²) in [6.07, 6.45) is 3.27. The van der Waals surface area contributed by atoms with E-state index in [1.54, 1.807) is 0 Å². The Hall–Kier alpha value is -2.62. The minimum Gasteiger partial charge on any atom is -0.339 e. The van der Waals surface area contributed by atoms with Gasteiger partial charge in [0.05, 0.1) is 0 Å². The number of rotatable bonds is 5. The van der Waals surface area contributed by atoms with Gasteiger partial charge in [0.1, 0.15) is 0 Å². The molecule has 1 saturated heterocycles. The Kier molecular flexibility index (Phi) is 5.94. The second-order valence-electron chi connectivity index (χ2n) is 7.46. The SMILES string of the molecule is Cc1ccc(CCC(=O)Nc2cccc(C(=O)N3CCCC3)c2C)c(C)c1. The number of nitrogens with one attached hydrogen (secondary N) is 1. The molecule has 4 nitrogen and oxygen atoms in total. The smallest absolute Gasteiger partial charge is 0.254 e. The number of anilines is 1. The highest BCUT2D eigenvalue weighted by Crippen LogP contribution is 2.22. The highest BCUT2D eigenvalue weighted by atomic mass is 16.2. The van der Waals surface area contributed by atoms with E-state index in [4.69, 9.17) is 0 Å². The van der Waals surface area contributed by atoms with Crippen LogP contribution in [0.15, 0.2) is 36.4 Å². The number of aryl methyl sites for hydroxylation is 3. The van der Waals surface area contributed by atoms with Crippen LogP contribution in [-0.2, 0) is 11.2 Å². The molecule has 3 rings (SSSR count). The summed E-state index contributed by atoms with van der Waals surface area (Å²) in [6, 6.07) is 11.9. The molecule has 1 fully saturated rings. The molecule has 0 aromatic heterocycles. The van der Waals surface area contributed by atoms with E-state index >= 15 is 0 Å². The van der Waals surface area contributed by atoms with E-state index in [1.807, 2.05) is 30.0 Å². The van der Waals surface area contributed by atoms with E-state index in [2.05, 4.69) is 37.4 Å².